The van der Waals surface area contributed by atoms with Crippen molar-refractivity contribution in [1.29, 1.82) is 0 Å². The SMILES string of the molecule is CC1CCC(CCC(=O)N[C@@H](C)CN)O1.Cl. The Labute approximate surface area is 104 Å². The molecule has 0 bridgehead atoms. The Bertz CT molecular complexity index is 214. The Morgan fingerprint density at radius 1 is 1.56 bits per heavy atom. The minimum absolute atomic E-state index is 0. The van der Waals surface area contributed by atoms with E-state index in [-0.39, 0.29) is 30.5 Å². The van der Waals surface area contributed by atoms with Crippen molar-refractivity contribution in [1.82, 2.24) is 5.32 Å². The van der Waals surface area contributed by atoms with E-state index in [0.29, 0.717) is 19.1 Å². The molecular weight excluding hydrogens is 228 g/mol. The molecule has 1 aliphatic rings. The second-order valence-electron chi connectivity index (χ2n) is 4.39. The highest BCUT2D eigenvalue weighted by Gasteiger charge is 2.22. The zero-order valence-electron chi connectivity index (χ0n) is 10.1. The van der Waals surface area contributed by atoms with E-state index in [1.54, 1.807) is 0 Å². The van der Waals surface area contributed by atoms with Crippen LogP contribution in [0.25, 0.3) is 0 Å². The van der Waals surface area contributed by atoms with Gasteiger partial charge >= 0.3 is 0 Å². The molecule has 0 aromatic carbocycles. The average molecular weight is 251 g/mol. The summed E-state index contributed by atoms with van der Waals surface area (Å²) in [6, 6.07) is 0.0703. The molecule has 0 saturated carbocycles. The molecule has 96 valence electrons. The molecule has 5 heteroatoms. The zero-order valence-corrected chi connectivity index (χ0v) is 10.9. The Kier molecular flexibility index (Phi) is 7.72. The van der Waals surface area contributed by atoms with Gasteiger partial charge in [0.05, 0.1) is 12.2 Å². The molecule has 0 aromatic heterocycles. The van der Waals surface area contributed by atoms with Gasteiger partial charge in [-0.15, -0.1) is 12.4 Å². The van der Waals surface area contributed by atoms with Crippen LogP contribution in [0.2, 0.25) is 0 Å². The first kappa shape index (κ1) is 15.7. The molecule has 4 nitrogen and oxygen atoms in total. The summed E-state index contributed by atoms with van der Waals surface area (Å²) in [5.41, 5.74) is 5.42. The topological polar surface area (TPSA) is 64.4 Å². The fourth-order valence-electron chi connectivity index (χ4n) is 1.80. The molecule has 2 unspecified atom stereocenters. The first-order chi connectivity index (χ1) is 7.11. The number of hydrogen-bond acceptors (Lipinski definition) is 3. The molecule has 1 aliphatic heterocycles. The molecule has 1 saturated heterocycles. The van der Waals surface area contributed by atoms with Crippen LogP contribution in [-0.4, -0.2) is 30.7 Å². The third-order valence-corrected chi connectivity index (χ3v) is 2.77. The van der Waals surface area contributed by atoms with E-state index in [4.69, 9.17) is 10.5 Å². The Hall–Kier alpha value is -0.320. The highest BCUT2D eigenvalue weighted by molar-refractivity contribution is 5.85. The molecule has 0 aliphatic carbocycles. The summed E-state index contributed by atoms with van der Waals surface area (Å²) in [7, 11) is 0. The predicted molar refractivity (Wildman–Crippen MR) is 66.7 cm³/mol. The number of carbonyl (C=O) groups excluding carboxylic acids is 1. The van der Waals surface area contributed by atoms with Crippen LogP contribution in [0.15, 0.2) is 0 Å². The van der Waals surface area contributed by atoms with Crippen LogP contribution in [0, 0.1) is 0 Å². The number of carbonyl (C=O) groups is 1. The second-order valence-corrected chi connectivity index (χ2v) is 4.39. The Morgan fingerprint density at radius 2 is 2.25 bits per heavy atom. The lowest BCUT2D eigenvalue weighted by atomic mass is 10.1. The summed E-state index contributed by atoms with van der Waals surface area (Å²) in [4.78, 5) is 11.4. The van der Waals surface area contributed by atoms with Gasteiger partial charge in [-0.05, 0) is 33.1 Å². The van der Waals surface area contributed by atoms with Crippen LogP contribution >= 0.6 is 12.4 Å². The maximum atomic E-state index is 11.4. The molecule has 1 heterocycles. The van der Waals surface area contributed by atoms with Crippen molar-refractivity contribution < 1.29 is 9.53 Å². The van der Waals surface area contributed by atoms with Gasteiger partial charge in [0.2, 0.25) is 5.91 Å². The van der Waals surface area contributed by atoms with Crippen LogP contribution in [0.1, 0.15) is 39.5 Å². The summed E-state index contributed by atoms with van der Waals surface area (Å²) in [5.74, 6) is 0.0797. The van der Waals surface area contributed by atoms with E-state index in [0.717, 1.165) is 19.3 Å². The predicted octanol–water partition coefficient (Wildman–Crippen LogP) is 1.22. The van der Waals surface area contributed by atoms with Crippen LogP contribution < -0.4 is 11.1 Å². The summed E-state index contributed by atoms with van der Waals surface area (Å²) in [5, 5.41) is 2.85. The van der Waals surface area contributed by atoms with E-state index in [2.05, 4.69) is 12.2 Å². The fourth-order valence-corrected chi connectivity index (χ4v) is 1.80. The first-order valence-electron chi connectivity index (χ1n) is 5.76. The standard InChI is InChI=1S/C11H22N2O2.ClH/c1-8(7-12)13-11(14)6-5-10-4-3-9(2)15-10;/h8-10H,3-7,12H2,1-2H3,(H,13,14);1H/t8-,9?,10?;/m0./s1. The maximum Gasteiger partial charge on any atom is 0.220 e. The van der Waals surface area contributed by atoms with Crippen LogP contribution in [-0.2, 0) is 9.53 Å². The van der Waals surface area contributed by atoms with Gasteiger partial charge in [-0.1, -0.05) is 0 Å². The Balaban J connectivity index is 0.00000225. The minimum Gasteiger partial charge on any atom is -0.375 e. The van der Waals surface area contributed by atoms with Crippen molar-refractivity contribution in [3.63, 3.8) is 0 Å². The molecule has 0 aromatic rings. The Morgan fingerprint density at radius 3 is 2.75 bits per heavy atom. The molecule has 3 atom stereocenters. The van der Waals surface area contributed by atoms with E-state index >= 15 is 0 Å². The van der Waals surface area contributed by atoms with Gasteiger partial charge in [-0.3, -0.25) is 4.79 Å². The lowest BCUT2D eigenvalue weighted by Crippen LogP contribution is -2.38. The van der Waals surface area contributed by atoms with Gasteiger partial charge in [0, 0.05) is 19.0 Å². The number of ether oxygens (including phenoxy) is 1. The number of rotatable bonds is 5. The molecule has 1 fully saturated rings. The van der Waals surface area contributed by atoms with Gasteiger partial charge < -0.3 is 15.8 Å². The summed E-state index contributed by atoms with van der Waals surface area (Å²) in [6.07, 6.45) is 4.21. The summed E-state index contributed by atoms with van der Waals surface area (Å²) >= 11 is 0. The largest absolute Gasteiger partial charge is 0.375 e. The number of amides is 1. The number of nitrogens with one attached hydrogen (secondary N) is 1. The van der Waals surface area contributed by atoms with Crippen molar-refractivity contribution in [2.75, 3.05) is 6.54 Å². The van der Waals surface area contributed by atoms with Crippen molar-refractivity contribution in [3.05, 3.63) is 0 Å². The molecule has 16 heavy (non-hydrogen) atoms. The van der Waals surface area contributed by atoms with Gasteiger partial charge in [-0.2, -0.15) is 0 Å². The van der Waals surface area contributed by atoms with Gasteiger partial charge in [0.25, 0.3) is 0 Å². The second kappa shape index (κ2) is 7.87. The molecule has 1 rings (SSSR count). The van der Waals surface area contributed by atoms with Crippen molar-refractivity contribution in [2.24, 2.45) is 5.73 Å². The average Bonchev–Trinajstić information content (AvgIpc) is 2.61. The quantitative estimate of drug-likeness (QED) is 0.771. The molecule has 1 amide bonds. The van der Waals surface area contributed by atoms with Crippen molar-refractivity contribution >= 4 is 18.3 Å². The smallest absolute Gasteiger partial charge is 0.220 e. The zero-order chi connectivity index (χ0) is 11.3. The van der Waals surface area contributed by atoms with Gasteiger partial charge in [-0.25, -0.2) is 0 Å². The van der Waals surface area contributed by atoms with Crippen LogP contribution in [0.4, 0.5) is 0 Å². The van der Waals surface area contributed by atoms with E-state index in [1.165, 1.54) is 0 Å². The minimum atomic E-state index is 0. The first-order valence-corrected chi connectivity index (χ1v) is 5.76. The lowest BCUT2D eigenvalue weighted by molar-refractivity contribution is -0.122. The van der Waals surface area contributed by atoms with Crippen molar-refractivity contribution in [3.8, 4) is 0 Å². The van der Waals surface area contributed by atoms with E-state index in [1.807, 2.05) is 6.92 Å². The van der Waals surface area contributed by atoms with Crippen LogP contribution in [0.3, 0.4) is 0 Å². The summed E-state index contributed by atoms with van der Waals surface area (Å²) < 4.78 is 5.64. The number of hydrogen-bond donors (Lipinski definition) is 2. The monoisotopic (exact) mass is 250 g/mol. The molecule has 0 spiro atoms. The molecular formula is C11H23ClN2O2. The fraction of sp³-hybridized carbons (Fsp3) is 0.909. The normalized spacial score (nSPS) is 25.9. The highest BCUT2D eigenvalue weighted by Crippen LogP contribution is 2.22. The lowest BCUT2D eigenvalue weighted by Gasteiger charge is -2.13. The van der Waals surface area contributed by atoms with E-state index < -0.39 is 0 Å². The highest BCUT2D eigenvalue weighted by atomic mass is 35.5. The molecule has 0 radical (unpaired) electrons. The molecule has 3 N–H and O–H groups in total. The third-order valence-electron chi connectivity index (χ3n) is 2.77. The van der Waals surface area contributed by atoms with E-state index in [9.17, 15) is 4.79 Å². The number of halogens is 1. The summed E-state index contributed by atoms with van der Waals surface area (Å²) in [6.45, 7) is 4.48. The maximum absolute atomic E-state index is 11.4. The van der Waals surface area contributed by atoms with Gasteiger partial charge in [0.15, 0.2) is 0 Å². The third kappa shape index (κ3) is 5.68. The van der Waals surface area contributed by atoms with Crippen LogP contribution in [0.5, 0.6) is 0 Å². The number of nitrogens with two attached hydrogens (primary N) is 1. The van der Waals surface area contributed by atoms with Crippen molar-refractivity contribution in [2.45, 2.75) is 57.8 Å². The van der Waals surface area contributed by atoms with Gasteiger partial charge in [0.1, 0.15) is 0 Å².